The Morgan fingerprint density at radius 1 is 1.26 bits per heavy atom. The molecule has 0 unspecified atom stereocenters. The molecule has 9 nitrogen and oxygen atoms in total. The molecule has 0 amide bonds. The minimum atomic E-state index is 0.195. The normalized spacial score (nSPS) is 15.4. The maximum absolute atomic E-state index is 5.80. The summed E-state index contributed by atoms with van der Waals surface area (Å²) in [6, 6.07) is 2.19. The first-order valence-corrected chi connectivity index (χ1v) is 12.0. The number of H-pyrrole nitrogens is 1. The molecule has 34 heavy (non-hydrogen) atoms. The van der Waals surface area contributed by atoms with Gasteiger partial charge >= 0.3 is 0 Å². The maximum Gasteiger partial charge on any atom is 0.219 e. The van der Waals surface area contributed by atoms with Crippen LogP contribution in [0.5, 0.6) is 0 Å². The lowest BCUT2D eigenvalue weighted by molar-refractivity contribution is 0.316. The fourth-order valence-corrected chi connectivity index (χ4v) is 4.33. The van der Waals surface area contributed by atoms with E-state index in [2.05, 4.69) is 60.3 Å². The lowest BCUT2D eigenvalue weighted by Crippen LogP contribution is -2.24. The second-order valence-electron chi connectivity index (χ2n) is 8.71. The smallest absolute Gasteiger partial charge is 0.219 e. The van der Waals surface area contributed by atoms with Crippen LogP contribution in [0.25, 0.3) is 22.2 Å². The van der Waals surface area contributed by atoms with Crippen molar-refractivity contribution in [2.75, 3.05) is 33.2 Å². The van der Waals surface area contributed by atoms with Crippen LogP contribution in [0.4, 0.5) is 0 Å². The van der Waals surface area contributed by atoms with E-state index < -0.39 is 0 Å². The molecule has 1 saturated heterocycles. The maximum atomic E-state index is 5.80. The highest BCUT2D eigenvalue weighted by atomic mass is 15.3. The number of likely N-dealkylation sites (tertiary alicyclic amines) is 1. The summed E-state index contributed by atoms with van der Waals surface area (Å²) >= 11 is 0. The fourth-order valence-electron chi connectivity index (χ4n) is 4.33. The molecular formula is C25H35N9. The molecule has 0 radical (unpaired) electrons. The van der Waals surface area contributed by atoms with Gasteiger partial charge in [0.1, 0.15) is 5.65 Å². The Morgan fingerprint density at radius 3 is 2.91 bits per heavy atom. The molecule has 0 saturated carbocycles. The van der Waals surface area contributed by atoms with Gasteiger partial charge in [0.15, 0.2) is 0 Å². The number of allylic oxidation sites excluding steroid dienone is 2. The number of aromatic nitrogens is 4. The second kappa shape index (κ2) is 11.7. The summed E-state index contributed by atoms with van der Waals surface area (Å²) in [7, 11) is 1.94. The molecule has 9 heteroatoms. The predicted octanol–water partition coefficient (Wildman–Crippen LogP) is 2.96. The Kier molecular flexibility index (Phi) is 8.21. The Hall–Kier alpha value is -3.30. The average molecular weight is 462 g/mol. The highest BCUT2D eigenvalue weighted by Crippen LogP contribution is 2.25. The topological polar surface area (TPSA) is 113 Å². The molecule has 3 aromatic heterocycles. The van der Waals surface area contributed by atoms with E-state index in [-0.39, 0.29) is 5.96 Å². The van der Waals surface area contributed by atoms with Gasteiger partial charge in [0, 0.05) is 47.3 Å². The van der Waals surface area contributed by atoms with Gasteiger partial charge in [-0.05, 0) is 77.1 Å². The minimum absolute atomic E-state index is 0.195. The van der Waals surface area contributed by atoms with Crippen LogP contribution in [0.1, 0.15) is 31.2 Å². The van der Waals surface area contributed by atoms with Crippen LogP contribution in [0, 0.1) is 0 Å². The molecule has 0 aromatic carbocycles. The average Bonchev–Trinajstić information content (AvgIpc) is 3.62. The Labute approximate surface area is 200 Å². The third kappa shape index (κ3) is 6.18. The SMILES string of the molecule is C=NC(N)=N/C(=C\Cc1c[nH]c2ncc(-c3cnn(CCN4CCCC4)c3)cc12)CCCNC. The fraction of sp³-hybridized carbons (Fsp3) is 0.440. The molecule has 3 aromatic rings. The number of pyridine rings is 1. The monoisotopic (exact) mass is 461 g/mol. The van der Waals surface area contributed by atoms with E-state index in [4.69, 9.17) is 5.73 Å². The van der Waals surface area contributed by atoms with Gasteiger partial charge in [-0.25, -0.2) is 15.0 Å². The number of fused-ring (bicyclic) bond motifs is 1. The molecule has 4 heterocycles. The van der Waals surface area contributed by atoms with Crippen molar-refractivity contribution in [2.45, 2.75) is 38.6 Å². The van der Waals surface area contributed by atoms with Crippen molar-refractivity contribution in [2.24, 2.45) is 15.7 Å². The second-order valence-corrected chi connectivity index (χ2v) is 8.71. The number of hydrogen-bond donors (Lipinski definition) is 3. The van der Waals surface area contributed by atoms with Crippen LogP contribution in [0.15, 0.2) is 52.6 Å². The van der Waals surface area contributed by atoms with Crippen LogP contribution in [-0.4, -0.2) is 70.6 Å². The molecule has 1 fully saturated rings. The summed E-state index contributed by atoms with van der Waals surface area (Å²) in [5.74, 6) is 0.195. The molecule has 4 rings (SSSR count). The van der Waals surface area contributed by atoms with Gasteiger partial charge in [0.25, 0.3) is 0 Å². The third-order valence-electron chi connectivity index (χ3n) is 6.26. The van der Waals surface area contributed by atoms with E-state index in [0.29, 0.717) is 0 Å². The van der Waals surface area contributed by atoms with Gasteiger partial charge in [0.2, 0.25) is 5.96 Å². The summed E-state index contributed by atoms with van der Waals surface area (Å²) < 4.78 is 2.03. The van der Waals surface area contributed by atoms with Crippen molar-refractivity contribution >= 4 is 23.7 Å². The van der Waals surface area contributed by atoms with Crippen LogP contribution in [0.2, 0.25) is 0 Å². The highest BCUT2D eigenvalue weighted by molar-refractivity contribution is 5.85. The van der Waals surface area contributed by atoms with Crippen molar-refractivity contribution in [3.05, 3.63) is 48.2 Å². The zero-order valence-electron chi connectivity index (χ0n) is 20.0. The Bertz CT molecular complexity index is 1150. The zero-order valence-corrected chi connectivity index (χ0v) is 20.0. The standard InChI is InChI=1S/C25H35N9/c1-27-9-5-6-22(32-25(26)28-2)8-7-19-15-29-24-23(19)14-20(16-30-24)21-17-31-34(18-21)13-12-33-10-3-4-11-33/h8,14-18,27H,2-7,9-13H2,1H3,(H2,26,32)(H,29,30)/b22-8-. The van der Waals surface area contributed by atoms with Crippen molar-refractivity contribution in [1.82, 2.24) is 30.0 Å². The number of guanidine groups is 1. The molecular weight excluding hydrogens is 426 g/mol. The van der Waals surface area contributed by atoms with Crippen LogP contribution in [0.3, 0.4) is 0 Å². The van der Waals surface area contributed by atoms with E-state index in [1.165, 1.54) is 25.9 Å². The van der Waals surface area contributed by atoms with Gasteiger partial charge in [-0.3, -0.25) is 4.68 Å². The number of nitrogens with one attached hydrogen (secondary N) is 2. The molecule has 0 spiro atoms. The van der Waals surface area contributed by atoms with Gasteiger partial charge in [-0.15, -0.1) is 0 Å². The zero-order chi connectivity index (χ0) is 23.8. The van der Waals surface area contributed by atoms with Crippen LogP contribution >= 0.6 is 0 Å². The minimum Gasteiger partial charge on any atom is -0.368 e. The Morgan fingerprint density at radius 2 is 2.12 bits per heavy atom. The summed E-state index contributed by atoms with van der Waals surface area (Å²) in [5.41, 5.74) is 10.9. The molecule has 180 valence electrons. The predicted molar refractivity (Wildman–Crippen MR) is 139 cm³/mol. The number of rotatable bonds is 11. The highest BCUT2D eigenvalue weighted by Gasteiger charge is 2.12. The first kappa shape index (κ1) is 23.8. The summed E-state index contributed by atoms with van der Waals surface area (Å²) in [4.78, 5) is 18.6. The number of hydrogen-bond acceptors (Lipinski definition) is 5. The first-order valence-electron chi connectivity index (χ1n) is 12.0. The van der Waals surface area contributed by atoms with Crippen molar-refractivity contribution in [1.29, 1.82) is 0 Å². The van der Waals surface area contributed by atoms with Gasteiger partial charge in [-0.2, -0.15) is 5.10 Å². The van der Waals surface area contributed by atoms with Crippen molar-refractivity contribution < 1.29 is 0 Å². The number of aromatic amines is 1. The third-order valence-corrected chi connectivity index (χ3v) is 6.26. The van der Waals surface area contributed by atoms with Crippen molar-refractivity contribution in [3.63, 3.8) is 0 Å². The molecule has 1 aliphatic rings. The lowest BCUT2D eigenvalue weighted by atomic mass is 10.1. The molecule has 0 bridgehead atoms. The number of aliphatic imine (C=N–C) groups is 2. The lowest BCUT2D eigenvalue weighted by Gasteiger charge is -2.13. The molecule has 4 N–H and O–H groups in total. The largest absolute Gasteiger partial charge is 0.368 e. The number of nitrogens with zero attached hydrogens (tertiary/aromatic N) is 6. The van der Waals surface area contributed by atoms with Crippen LogP contribution in [-0.2, 0) is 13.0 Å². The molecule has 0 atom stereocenters. The van der Waals surface area contributed by atoms with E-state index in [1.807, 2.05) is 30.3 Å². The van der Waals surface area contributed by atoms with Gasteiger partial charge in [-0.1, -0.05) is 6.08 Å². The van der Waals surface area contributed by atoms with E-state index in [9.17, 15) is 0 Å². The van der Waals surface area contributed by atoms with Crippen LogP contribution < -0.4 is 11.1 Å². The van der Waals surface area contributed by atoms with E-state index >= 15 is 0 Å². The van der Waals surface area contributed by atoms with Gasteiger partial charge in [0.05, 0.1) is 12.7 Å². The van der Waals surface area contributed by atoms with Crippen molar-refractivity contribution in [3.8, 4) is 11.1 Å². The first-order chi connectivity index (χ1) is 16.7. The van der Waals surface area contributed by atoms with Gasteiger partial charge < -0.3 is 20.9 Å². The summed E-state index contributed by atoms with van der Waals surface area (Å²) in [6.45, 7) is 8.76. The summed E-state index contributed by atoms with van der Waals surface area (Å²) in [5, 5.41) is 8.84. The van der Waals surface area contributed by atoms with E-state index in [0.717, 1.165) is 72.3 Å². The Balaban J connectivity index is 1.49. The number of nitrogens with two attached hydrogens (primary N) is 1. The quantitative estimate of drug-likeness (QED) is 0.231. The molecule has 0 aliphatic carbocycles. The summed E-state index contributed by atoms with van der Waals surface area (Å²) in [6.07, 6.45) is 15.2. The molecule has 1 aliphatic heterocycles. The van der Waals surface area contributed by atoms with E-state index in [1.54, 1.807) is 0 Å².